The zero-order valence-electron chi connectivity index (χ0n) is 25.9. The van der Waals surface area contributed by atoms with Gasteiger partial charge in [0, 0.05) is 24.2 Å². The molecule has 0 atom stereocenters. The maximum absolute atomic E-state index is 12.3. The van der Waals surface area contributed by atoms with Crippen molar-refractivity contribution in [3.63, 3.8) is 0 Å². The quantitative estimate of drug-likeness (QED) is 0.139. The number of carboxylic acids is 2. The number of Topliss-reactive ketones (excluding diaryl/α,β-unsaturated/α-hetero) is 1. The highest BCUT2D eigenvalue weighted by Gasteiger charge is 2.16. The molecule has 2 aromatic rings. The molecule has 1 amide bonds. The largest absolute Gasteiger partial charge is 0.481 e. The van der Waals surface area contributed by atoms with Crippen LogP contribution in [0.4, 0.5) is 0 Å². The summed E-state index contributed by atoms with van der Waals surface area (Å²) >= 11 is 8.38. The number of amides is 1. The summed E-state index contributed by atoms with van der Waals surface area (Å²) in [5, 5.41) is 19.8. The molecule has 0 spiro atoms. The Morgan fingerprint density at radius 1 is 1.00 bits per heavy atom. The van der Waals surface area contributed by atoms with Crippen LogP contribution >= 0.6 is 35.1 Å². The summed E-state index contributed by atoms with van der Waals surface area (Å²) in [6.45, 7) is 10.9. The molecule has 0 saturated heterocycles. The topological polar surface area (TPSA) is 167 Å². The van der Waals surface area contributed by atoms with Crippen molar-refractivity contribution in [3.05, 3.63) is 75.7 Å². The van der Waals surface area contributed by atoms with Gasteiger partial charge in [-0.05, 0) is 48.9 Å². The number of benzene rings is 2. The van der Waals surface area contributed by atoms with E-state index in [1.54, 1.807) is 6.08 Å². The van der Waals surface area contributed by atoms with Crippen molar-refractivity contribution in [3.8, 4) is 0 Å². The van der Waals surface area contributed by atoms with E-state index < -0.39 is 22.0 Å². The van der Waals surface area contributed by atoms with Crippen molar-refractivity contribution in [2.75, 3.05) is 30.3 Å². The zero-order chi connectivity index (χ0) is 34.1. The van der Waals surface area contributed by atoms with E-state index in [0.717, 1.165) is 29.3 Å². The minimum atomic E-state index is -3.87. The van der Waals surface area contributed by atoms with E-state index in [0.29, 0.717) is 17.1 Å². The lowest BCUT2D eigenvalue weighted by atomic mass is 10.2. The maximum atomic E-state index is 12.3. The second-order valence-electron chi connectivity index (χ2n) is 8.18. The Kier molecular flexibility index (Phi) is 25.1. The summed E-state index contributed by atoms with van der Waals surface area (Å²) in [5.41, 5.74) is 1.01. The second-order valence-corrected chi connectivity index (χ2v) is 12.8. The Hall–Kier alpha value is -2.84. The Morgan fingerprint density at radius 3 is 2.11 bits per heavy atom. The fraction of sp³-hybridized carbons (Fsp3) is 0.400. The predicted octanol–water partition coefficient (Wildman–Crippen LogP) is 5.89. The van der Waals surface area contributed by atoms with Crippen molar-refractivity contribution in [2.45, 2.75) is 52.9 Å². The van der Waals surface area contributed by atoms with Crippen LogP contribution in [0.25, 0.3) is 0 Å². The molecule has 0 aliphatic rings. The van der Waals surface area contributed by atoms with Crippen LogP contribution in [0.2, 0.25) is 5.02 Å². The summed E-state index contributed by atoms with van der Waals surface area (Å²) in [6, 6.07) is 12.8. The number of aliphatic carboxylic acids is 1. The van der Waals surface area contributed by atoms with Gasteiger partial charge in [-0.15, -0.1) is 11.8 Å². The summed E-state index contributed by atoms with van der Waals surface area (Å²) in [7, 11) is -3.87. The van der Waals surface area contributed by atoms with Gasteiger partial charge in [-0.1, -0.05) is 69.6 Å². The molecular formula is C30H43ClN2O8S3. The molecular weight excluding hydrogens is 648 g/mol. The third-order valence-corrected chi connectivity index (χ3v) is 8.53. The highest BCUT2D eigenvalue weighted by Crippen LogP contribution is 2.17. The van der Waals surface area contributed by atoms with Crippen LogP contribution in [-0.4, -0.2) is 72.6 Å². The minimum absolute atomic E-state index is 0.0417. The lowest BCUT2D eigenvalue weighted by Crippen LogP contribution is -2.31. The van der Waals surface area contributed by atoms with Gasteiger partial charge in [-0.25, -0.2) is 17.9 Å². The molecule has 0 bridgehead atoms. The Balaban J connectivity index is 0. The zero-order valence-corrected chi connectivity index (χ0v) is 29.1. The average Bonchev–Trinajstić information content (AvgIpc) is 2.99. The van der Waals surface area contributed by atoms with E-state index in [2.05, 4.69) is 10.0 Å². The lowest BCUT2D eigenvalue weighted by Gasteiger charge is -2.10. The van der Waals surface area contributed by atoms with Crippen LogP contribution in [-0.2, 0) is 24.4 Å². The number of carboxylic acid groups (broad SMARTS) is 2. The van der Waals surface area contributed by atoms with Gasteiger partial charge in [-0.2, -0.15) is 11.8 Å². The molecule has 2 aromatic carbocycles. The van der Waals surface area contributed by atoms with Crippen LogP contribution in [0.5, 0.6) is 0 Å². The Morgan fingerprint density at radius 2 is 1.61 bits per heavy atom. The van der Waals surface area contributed by atoms with Gasteiger partial charge in [0.2, 0.25) is 10.0 Å². The number of aromatic carboxylic acids is 1. The van der Waals surface area contributed by atoms with Crippen molar-refractivity contribution in [2.24, 2.45) is 0 Å². The molecule has 0 fully saturated rings. The van der Waals surface area contributed by atoms with E-state index in [-0.39, 0.29) is 41.0 Å². The number of aryl methyl sites for hydroxylation is 1. The lowest BCUT2D eigenvalue weighted by molar-refractivity contribution is -0.134. The molecule has 0 heterocycles. The van der Waals surface area contributed by atoms with E-state index >= 15 is 0 Å². The third-order valence-electron chi connectivity index (χ3n) is 4.65. The number of hydrogen-bond donors (Lipinski definition) is 4. The molecule has 0 radical (unpaired) electrons. The molecule has 2 rings (SSSR count). The summed E-state index contributed by atoms with van der Waals surface area (Å²) in [4.78, 5) is 44.2. The van der Waals surface area contributed by atoms with Gasteiger partial charge < -0.3 is 15.5 Å². The first kappa shape index (κ1) is 43.3. The first-order valence-electron chi connectivity index (χ1n) is 13.7. The highest BCUT2D eigenvalue weighted by molar-refractivity contribution is 8.04. The summed E-state index contributed by atoms with van der Waals surface area (Å²) in [6.07, 6.45) is 2.33. The van der Waals surface area contributed by atoms with E-state index in [1.807, 2.05) is 58.9 Å². The molecule has 0 aliphatic heterocycles. The number of carbonyl (C=O) groups is 4. The van der Waals surface area contributed by atoms with Gasteiger partial charge in [-0.3, -0.25) is 14.4 Å². The van der Waals surface area contributed by atoms with Crippen LogP contribution in [0.1, 0.15) is 57.0 Å². The molecule has 10 nitrogen and oxygen atoms in total. The van der Waals surface area contributed by atoms with Crippen molar-refractivity contribution >= 4 is 68.8 Å². The molecule has 0 unspecified atom stereocenters. The fourth-order valence-corrected chi connectivity index (χ4v) is 5.49. The van der Waals surface area contributed by atoms with E-state index in [1.165, 1.54) is 41.7 Å². The van der Waals surface area contributed by atoms with Crippen molar-refractivity contribution in [1.82, 2.24) is 10.0 Å². The van der Waals surface area contributed by atoms with Gasteiger partial charge in [0.05, 0.1) is 27.7 Å². The number of hydrogen-bond acceptors (Lipinski definition) is 8. The number of sulfonamides is 1. The number of thioether (sulfide) groups is 2. The maximum Gasteiger partial charge on any atom is 0.335 e. The van der Waals surface area contributed by atoms with Crippen LogP contribution in [0.15, 0.2) is 64.4 Å². The predicted molar refractivity (Wildman–Crippen MR) is 181 cm³/mol. The molecule has 44 heavy (non-hydrogen) atoms. The molecule has 14 heteroatoms. The standard InChI is InChI=1S/C19H26N2O6S3.C7H7Cl.C2H4O2.C2H6/c1-3-6-17(18(23)20-12-15(22)13-28-4-2)29-10-9-21-30(26,27)16-8-5-7-14(11-16)19(24)25;1-6-4-2-3-5-7(6)8;1-2(3)4;1-2/h5-8,11,21H,3-4,9-10,12-13H2,1-2H3,(H,20,23)(H,24,25);2-5H,1H3;1H3,(H,3,4);1-2H3/b17-6-;;;. The van der Waals surface area contributed by atoms with Gasteiger partial charge in [0.15, 0.2) is 5.78 Å². The van der Waals surface area contributed by atoms with Gasteiger partial charge in [0.1, 0.15) is 0 Å². The number of halogens is 1. The molecule has 246 valence electrons. The summed E-state index contributed by atoms with van der Waals surface area (Å²) in [5.74, 6) is -1.01. The number of ketones is 1. The van der Waals surface area contributed by atoms with Gasteiger partial charge in [0.25, 0.3) is 11.9 Å². The number of carbonyl (C=O) groups excluding carboxylic acids is 2. The van der Waals surface area contributed by atoms with Crippen LogP contribution in [0.3, 0.4) is 0 Å². The Labute approximate surface area is 274 Å². The van der Waals surface area contributed by atoms with Gasteiger partial charge >= 0.3 is 5.97 Å². The first-order valence-corrected chi connectivity index (χ1v) is 17.7. The average molecular weight is 691 g/mol. The number of rotatable bonds is 14. The van der Waals surface area contributed by atoms with E-state index in [4.69, 9.17) is 26.6 Å². The molecule has 0 saturated carbocycles. The SMILES string of the molecule is CC.CC(=O)O.CC/C=C(\SCCNS(=O)(=O)c1cccc(C(=O)O)c1)C(=O)NCC(=O)CSCC.Cc1ccccc1Cl. The normalized spacial score (nSPS) is 10.5. The monoisotopic (exact) mass is 690 g/mol. The summed E-state index contributed by atoms with van der Waals surface area (Å²) < 4.78 is 27.1. The fourth-order valence-electron chi connectivity index (χ4n) is 2.70. The number of nitrogens with one attached hydrogen (secondary N) is 2. The minimum Gasteiger partial charge on any atom is -0.481 e. The van der Waals surface area contributed by atoms with Crippen molar-refractivity contribution in [1.29, 1.82) is 0 Å². The Bertz CT molecular complexity index is 1290. The van der Waals surface area contributed by atoms with E-state index in [9.17, 15) is 22.8 Å². The number of allylic oxidation sites excluding steroid dienone is 1. The smallest absolute Gasteiger partial charge is 0.335 e. The molecule has 4 N–H and O–H groups in total. The van der Waals surface area contributed by atoms with Crippen LogP contribution in [0, 0.1) is 6.92 Å². The highest BCUT2D eigenvalue weighted by atomic mass is 35.5. The first-order chi connectivity index (χ1) is 20.7. The third kappa shape index (κ3) is 21.0. The second kappa shape index (κ2) is 25.5. The molecule has 0 aromatic heterocycles. The van der Waals surface area contributed by atoms with Crippen molar-refractivity contribution < 1.29 is 37.8 Å². The van der Waals surface area contributed by atoms with Crippen LogP contribution < -0.4 is 10.0 Å². The molecule has 0 aliphatic carbocycles.